The lowest BCUT2D eigenvalue weighted by atomic mass is 9.94. The summed E-state index contributed by atoms with van der Waals surface area (Å²) in [6, 6.07) is 0.871. The molecule has 1 aromatic rings. The average molecular weight is 413 g/mol. The van der Waals surface area contributed by atoms with Gasteiger partial charge in [0.25, 0.3) is 0 Å². The van der Waals surface area contributed by atoms with E-state index < -0.39 is 38.9 Å². The zero-order valence-electron chi connectivity index (χ0n) is 15.1. The number of alkyl halides is 3. The Morgan fingerprint density at radius 1 is 1.19 bits per heavy atom. The molecule has 6 nitrogen and oxygen atoms in total. The van der Waals surface area contributed by atoms with Crippen LogP contribution in [-0.4, -0.2) is 37.1 Å². The Morgan fingerprint density at radius 3 is 2.30 bits per heavy atom. The van der Waals surface area contributed by atoms with Gasteiger partial charge in [0.1, 0.15) is 5.60 Å². The number of nitrogens with zero attached hydrogens (tertiary/aromatic N) is 1. The van der Waals surface area contributed by atoms with Crippen LogP contribution in [0, 0.1) is 12.7 Å². The fourth-order valence-corrected chi connectivity index (χ4v) is 3.02. The third kappa shape index (κ3) is 4.63. The van der Waals surface area contributed by atoms with Gasteiger partial charge in [-0.1, -0.05) is 0 Å². The smallest absolute Gasteiger partial charge is 0.444 e. The topological polar surface area (TPSA) is 72.9 Å². The number of halogens is 4. The van der Waals surface area contributed by atoms with E-state index in [1.54, 1.807) is 20.8 Å². The van der Waals surface area contributed by atoms with Gasteiger partial charge in [0.2, 0.25) is 0 Å². The normalized spacial score (nSPS) is 15.3. The highest BCUT2D eigenvalue weighted by molar-refractivity contribution is 7.88. The predicted molar refractivity (Wildman–Crippen MR) is 87.1 cm³/mol. The first-order valence-corrected chi connectivity index (χ1v) is 9.33. The number of ether oxygens (including phenoxy) is 1. The second-order valence-corrected chi connectivity index (χ2v) is 8.64. The van der Waals surface area contributed by atoms with Crippen molar-refractivity contribution in [2.75, 3.05) is 6.54 Å². The number of hydrogen-bond acceptors (Lipinski definition) is 5. The van der Waals surface area contributed by atoms with Gasteiger partial charge in [-0.3, -0.25) is 0 Å². The van der Waals surface area contributed by atoms with Crippen LogP contribution in [-0.2, 0) is 27.8 Å². The Morgan fingerprint density at radius 2 is 1.78 bits per heavy atom. The molecule has 0 fully saturated rings. The Balaban J connectivity index is 2.33. The van der Waals surface area contributed by atoms with E-state index in [0.717, 1.165) is 6.07 Å². The Kier molecular flexibility index (Phi) is 5.39. The summed E-state index contributed by atoms with van der Waals surface area (Å²) in [6.45, 7) is 6.59. The molecule has 1 amide bonds. The van der Waals surface area contributed by atoms with Crippen molar-refractivity contribution >= 4 is 16.2 Å². The summed E-state index contributed by atoms with van der Waals surface area (Å²) in [5.41, 5.74) is -5.70. The van der Waals surface area contributed by atoms with E-state index in [9.17, 15) is 30.8 Å². The molecule has 2 rings (SSSR count). The van der Waals surface area contributed by atoms with Crippen molar-refractivity contribution in [1.29, 1.82) is 0 Å². The van der Waals surface area contributed by atoms with Gasteiger partial charge < -0.3 is 13.8 Å². The fourth-order valence-electron chi connectivity index (χ4n) is 2.57. The summed E-state index contributed by atoms with van der Waals surface area (Å²) < 4.78 is 83.5. The van der Waals surface area contributed by atoms with Crippen molar-refractivity contribution in [2.24, 2.45) is 0 Å². The molecule has 27 heavy (non-hydrogen) atoms. The van der Waals surface area contributed by atoms with Crippen molar-refractivity contribution in [2.45, 2.75) is 51.8 Å². The minimum Gasteiger partial charge on any atom is -0.444 e. The fraction of sp³-hybridized carbons (Fsp3) is 0.562. The lowest BCUT2D eigenvalue weighted by molar-refractivity contribution is -0.0501. The van der Waals surface area contributed by atoms with Gasteiger partial charge in [0.05, 0.1) is 0 Å². The van der Waals surface area contributed by atoms with Gasteiger partial charge >= 0.3 is 21.7 Å². The van der Waals surface area contributed by atoms with Crippen molar-refractivity contribution in [3.63, 3.8) is 0 Å². The predicted octanol–water partition coefficient (Wildman–Crippen LogP) is 3.66. The lowest BCUT2D eigenvalue weighted by Crippen LogP contribution is -2.40. The van der Waals surface area contributed by atoms with E-state index in [-0.39, 0.29) is 25.1 Å². The molecule has 0 unspecified atom stereocenters. The SMILES string of the molecule is Cc1cc(OS(=O)(=O)C(F)(F)F)c(F)c2c1CN(C(=O)OC(C)(C)C)CC2. The van der Waals surface area contributed by atoms with E-state index in [4.69, 9.17) is 4.74 Å². The van der Waals surface area contributed by atoms with Gasteiger partial charge in [-0.05, 0) is 56.9 Å². The molecule has 1 aliphatic rings. The number of amides is 1. The summed E-state index contributed by atoms with van der Waals surface area (Å²) in [6.07, 6.45) is -0.627. The average Bonchev–Trinajstić information content (AvgIpc) is 2.49. The number of aryl methyl sites for hydroxylation is 1. The summed E-state index contributed by atoms with van der Waals surface area (Å²) in [5.74, 6) is -2.21. The molecular weight excluding hydrogens is 394 g/mol. The first kappa shape index (κ1) is 21.3. The van der Waals surface area contributed by atoms with Crippen LogP contribution < -0.4 is 4.18 Å². The lowest BCUT2D eigenvalue weighted by Gasteiger charge is -2.32. The molecule has 0 saturated heterocycles. The number of carbonyl (C=O) groups is 1. The van der Waals surface area contributed by atoms with Crippen molar-refractivity contribution in [3.05, 3.63) is 28.6 Å². The van der Waals surface area contributed by atoms with Crippen LogP contribution >= 0.6 is 0 Å². The first-order valence-electron chi connectivity index (χ1n) is 7.92. The largest absolute Gasteiger partial charge is 0.534 e. The number of carbonyl (C=O) groups excluding carboxylic acids is 1. The third-order valence-corrected chi connectivity index (χ3v) is 4.75. The number of fused-ring (bicyclic) bond motifs is 1. The van der Waals surface area contributed by atoms with Crippen LogP contribution in [0.2, 0.25) is 0 Å². The highest BCUT2D eigenvalue weighted by Gasteiger charge is 2.49. The number of benzene rings is 1. The summed E-state index contributed by atoms with van der Waals surface area (Å²) in [5, 5.41) is 0. The van der Waals surface area contributed by atoms with Crippen LogP contribution in [0.25, 0.3) is 0 Å². The highest BCUT2D eigenvalue weighted by Crippen LogP contribution is 2.35. The summed E-state index contributed by atoms with van der Waals surface area (Å²) >= 11 is 0. The maximum absolute atomic E-state index is 14.6. The molecule has 1 aliphatic heterocycles. The summed E-state index contributed by atoms with van der Waals surface area (Å²) in [7, 11) is -5.99. The van der Waals surface area contributed by atoms with Crippen molar-refractivity contribution in [1.82, 2.24) is 4.90 Å². The molecular formula is C16H19F4NO5S. The Labute approximate surface area is 154 Å². The molecule has 0 aromatic heterocycles. The van der Waals surface area contributed by atoms with E-state index in [2.05, 4.69) is 4.18 Å². The molecule has 0 radical (unpaired) electrons. The zero-order valence-corrected chi connectivity index (χ0v) is 15.9. The minimum absolute atomic E-state index is 0.0146. The van der Waals surface area contributed by atoms with Gasteiger partial charge in [-0.2, -0.15) is 21.6 Å². The van der Waals surface area contributed by atoms with E-state index in [1.807, 2.05) is 0 Å². The second kappa shape index (κ2) is 6.84. The van der Waals surface area contributed by atoms with Gasteiger partial charge in [0, 0.05) is 13.1 Å². The third-order valence-electron chi connectivity index (χ3n) is 3.78. The van der Waals surface area contributed by atoms with Crippen LogP contribution in [0.1, 0.15) is 37.5 Å². The molecule has 11 heteroatoms. The standard InChI is InChI=1S/C16H19F4NO5S/c1-9-7-12(26-27(23,24)16(18,19)20)13(17)10-5-6-21(8-11(9)10)14(22)25-15(2,3)4/h7H,5-6,8H2,1-4H3. The maximum atomic E-state index is 14.6. The van der Waals surface area contributed by atoms with Gasteiger partial charge in [-0.15, -0.1) is 0 Å². The molecule has 1 aromatic carbocycles. The molecule has 0 bridgehead atoms. The molecule has 0 aliphatic carbocycles. The molecule has 1 heterocycles. The number of rotatable bonds is 2. The molecule has 0 atom stereocenters. The quantitative estimate of drug-likeness (QED) is 0.420. The monoisotopic (exact) mass is 413 g/mol. The maximum Gasteiger partial charge on any atom is 0.534 e. The van der Waals surface area contributed by atoms with Crippen molar-refractivity contribution in [3.8, 4) is 5.75 Å². The number of hydrogen-bond donors (Lipinski definition) is 0. The van der Waals surface area contributed by atoms with Crippen LogP contribution in [0.5, 0.6) is 5.75 Å². The Bertz CT molecular complexity index is 859. The van der Waals surface area contributed by atoms with Crippen LogP contribution in [0.15, 0.2) is 6.07 Å². The molecule has 0 N–H and O–H groups in total. The Hall–Kier alpha value is -2.04. The molecule has 152 valence electrons. The highest BCUT2D eigenvalue weighted by atomic mass is 32.2. The van der Waals surface area contributed by atoms with Crippen molar-refractivity contribution < 1.29 is 39.7 Å². The molecule has 0 saturated carbocycles. The van der Waals surface area contributed by atoms with Crippen LogP contribution in [0.3, 0.4) is 0 Å². The minimum atomic E-state index is -5.99. The van der Waals surface area contributed by atoms with Gasteiger partial charge in [-0.25, -0.2) is 9.18 Å². The van der Waals surface area contributed by atoms with E-state index in [1.165, 1.54) is 11.8 Å². The zero-order chi connectivity index (χ0) is 20.8. The molecule has 0 spiro atoms. The second-order valence-electron chi connectivity index (χ2n) is 7.10. The van der Waals surface area contributed by atoms with Crippen LogP contribution in [0.4, 0.5) is 22.4 Å². The summed E-state index contributed by atoms with van der Waals surface area (Å²) in [4.78, 5) is 13.5. The van der Waals surface area contributed by atoms with E-state index in [0.29, 0.717) is 11.1 Å². The van der Waals surface area contributed by atoms with Gasteiger partial charge in [0.15, 0.2) is 11.6 Å². The first-order chi connectivity index (χ1) is 12.1. The van der Waals surface area contributed by atoms with E-state index >= 15 is 0 Å².